The van der Waals surface area contributed by atoms with Gasteiger partial charge in [-0.25, -0.2) is 0 Å². The predicted octanol–water partition coefficient (Wildman–Crippen LogP) is 3.64. The van der Waals surface area contributed by atoms with Crippen molar-refractivity contribution in [2.45, 2.75) is 52.6 Å². The van der Waals surface area contributed by atoms with Gasteiger partial charge in [-0.3, -0.25) is 4.68 Å². The Balaban J connectivity index is 2.20. The molecule has 102 valence electrons. The number of hydrogen-bond acceptors (Lipinski definition) is 2. The van der Waals surface area contributed by atoms with Gasteiger partial charge in [0.05, 0.1) is 23.0 Å². The third-order valence-electron chi connectivity index (χ3n) is 3.78. The second kappa shape index (κ2) is 6.07. The molecule has 18 heavy (non-hydrogen) atoms. The smallest absolute Gasteiger partial charge is 0.0834 e. The Bertz CT molecular complexity index is 388. The molecule has 3 atom stereocenters. The van der Waals surface area contributed by atoms with Crippen molar-refractivity contribution in [2.24, 2.45) is 11.8 Å². The van der Waals surface area contributed by atoms with E-state index in [0.29, 0.717) is 6.04 Å². The fourth-order valence-electron chi connectivity index (χ4n) is 2.64. The molecular weight excluding hydrogens is 246 g/mol. The van der Waals surface area contributed by atoms with E-state index in [4.69, 9.17) is 11.6 Å². The number of rotatable bonds is 7. The molecule has 0 saturated heterocycles. The molecule has 1 aliphatic carbocycles. The van der Waals surface area contributed by atoms with Gasteiger partial charge < -0.3 is 5.32 Å². The zero-order valence-corrected chi connectivity index (χ0v) is 12.4. The molecule has 0 spiro atoms. The summed E-state index contributed by atoms with van der Waals surface area (Å²) >= 11 is 6.35. The molecule has 1 aromatic heterocycles. The van der Waals surface area contributed by atoms with Crippen molar-refractivity contribution in [1.29, 1.82) is 0 Å². The van der Waals surface area contributed by atoms with Crippen LogP contribution in [0, 0.1) is 11.8 Å². The number of halogens is 1. The average molecular weight is 270 g/mol. The highest BCUT2D eigenvalue weighted by Crippen LogP contribution is 2.48. The number of hydrogen-bond donors (Lipinski definition) is 1. The molecule has 0 radical (unpaired) electrons. The molecular formula is C14H24ClN3. The van der Waals surface area contributed by atoms with Gasteiger partial charge in [-0.05, 0) is 37.6 Å². The fraction of sp³-hybridized carbons (Fsp3) is 0.786. The zero-order chi connectivity index (χ0) is 13.1. The lowest BCUT2D eigenvalue weighted by Gasteiger charge is -2.20. The van der Waals surface area contributed by atoms with E-state index >= 15 is 0 Å². The number of aromatic nitrogens is 2. The Morgan fingerprint density at radius 2 is 2.22 bits per heavy atom. The van der Waals surface area contributed by atoms with Gasteiger partial charge in [0.2, 0.25) is 0 Å². The first-order valence-corrected chi connectivity index (χ1v) is 7.51. The van der Waals surface area contributed by atoms with Crippen molar-refractivity contribution in [3.8, 4) is 0 Å². The molecule has 1 saturated carbocycles. The molecule has 4 heteroatoms. The minimum atomic E-state index is 0.376. The van der Waals surface area contributed by atoms with E-state index in [1.54, 1.807) is 6.20 Å². The van der Waals surface area contributed by atoms with Gasteiger partial charge in [-0.1, -0.05) is 32.4 Å². The summed E-state index contributed by atoms with van der Waals surface area (Å²) < 4.78 is 2.08. The van der Waals surface area contributed by atoms with Gasteiger partial charge in [0, 0.05) is 6.54 Å². The van der Waals surface area contributed by atoms with Crippen molar-refractivity contribution in [2.75, 3.05) is 6.54 Å². The van der Waals surface area contributed by atoms with Gasteiger partial charge >= 0.3 is 0 Å². The molecule has 0 aliphatic heterocycles. The minimum absolute atomic E-state index is 0.376. The first-order chi connectivity index (χ1) is 8.69. The highest BCUT2D eigenvalue weighted by atomic mass is 35.5. The normalized spacial score (nSPS) is 24.2. The van der Waals surface area contributed by atoms with Crippen LogP contribution in [0.15, 0.2) is 6.20 Å². The van der Waals surface area contributed by atoms with Gasteiger partial charge in [0.1, 0.15) is 0 Å². The molecule has 1 aliphatic rings. The fourth-order valence-corrected chi connectivity index (χ4v) is 2.90. The Labute approximate surface area is 115 Å². The molecule has 1 heterocycles. The lowest BCUT2D eigenvalue weighted by Crippen LogP contribution is -2.27. The van der Waals surface area contributed by atoms with E-state index in [-0.39, 0.29) is 0 Å². The quantitative estimate of drug-likeness (QED) is 0.819. The van der Waals surface area contributed by atoms with Gasteiger partial charge in [0.15, 0.2) is 0 Å². The Kier molecular flexibility index (Phi) is 4.68. The van der Waals surface area contributed by atoms with Crippen LogP contribution in [0.5, 0.6) is 0 Å². The van der Waals surface area contributed by atoms with Crippen molar-refractivity contribution in [1.82, 2.24) is 15.1 Å². The summed E-state index contributed by atoms with van der Waals surface area (Å²) in [6.45, 7) is 8.69. The molecule has 1 N–H and O–H groups in total. The molecule has 3 nitrogen and oxygen atoms in total. The maximum absolute atomic E-state index is 6.35. The molecule has 0 aromatic carbocycles. The molecule has 1 fully saturated rings. The van der Waals surface area contributed by atoms with Gasteiger partial charge in [-0.15, -0.1) is 0 Å². The highest BCUT2D eigenvalue weighted by Gasteiger charge is 2.42. The number of nitrogens with zero attached hydrogens (tertiary/aromatic N) is 2. The minimum Gasteiger partial charge on any atom is -0.308 e. The molecule has 3 unspecified atom stereocenters. The highest BCUT2D eigenvalue weighted by molar-refractivity contribution is 6.31. The van der Waals surface area contributed by atoms with E-state index < -0.39 is 0 Å². The summed E-state index contributed by atoms with van der Waals surface area (Å²) in [4.78, 5) is 0. The van der Waals surface area contributed by atoms with Crippen molar-refractivity contribution < 1.29 is 0 Å². The summed E-state index contributed by atoms with van der Waals surface area (Å²) in [6, 6.07) is 0.376. The Morgan fingerprint density at radius 1 is 1.50 bits per heavy atom. The van der Waals surface area contributed by atoms with Crippen LogP contribution in [0.4, 0.5) is 0 Å². The van der Waals surface area contributed by atoms with E-state index in [0.717, 1.165) is 42.8 Å². The number of aryl methyl sites for hydroxylation is 1. The van der Waals surface area contributed by atoms with Gasteiger partial charge in [-0.2, -0.15) is 5.10 Å². The predicted molar refractivity (Wildman–Crippen MR) is 75.8 cm³/mol. The van der Waals surface area contributed by atoms with Crippen molar-refractivity contribution in [3.63, 3.8) is 0 Å². The standard InChI is InChI=1S/C14H24ClN3/c1-4-6-16-13(11-8-10(11)3)14-12(15)9-17-18(14)7-5-2/h9-11,13,16H,4-8H2,1-3H3. The monoisotopic (exact) mass is 269 g/mol. The lowest BCUT2D eigenvalue weighted by molar-refractivity contribution is 0.421. The summed E-state index contributed by atoms with van der Waals surface area (Å²) in [7, 11) is 0. The summed E-state index contributed by atoms with van der Waals surface area (Å²) in [5.41, 5.74) is 1.20. The van der Waals surface area contributed by atoms with Crippen LogP contribution in [0.3, 0.4) is 0 Å². The molecule has 2 rings (SSSR count). The van der Waals surface area contributed by atoms with E-state index in [2.05, 4.69) is 35.9 Å². The van der Waals surface area contributed by atoms with Gasteiger partial charge in [0.25, 0.3) is 0 Å². The van der Waals surface area contributed by atoms with Crippen LogP contribution in [-0.2, 0) is 6.54 Å². The average Bonchev–Trinajstić information content (AvgIpc) is 2.96. The zero-order valence-electron chi connectivity index (χ0n) is 11.6. The van der Waals surface area contributed by atoms with Crippen molar-refractivity contribution in [3.05, 3.63) is 16.9 Å². The first kappa shape index (κ1) is 13.9. The molecule has 0 bridgehead atoms. The molecule has 0 amide bonds. The first-order valence-electron chi connectivity index (χ1n) is 7.13. The second-order valence-electron chi connectivity index (χ2n) is 5.41. The summed E-state index contributed by atoms with van der Waals surface area (Å²) in [5, 5.41) is 8.89. The second-order valence-corrected chi connectivity index (χ2v) is 5.82. The van der Waals surface area contributed by atoms with Crippen LogP contribution in [0.1, 0.15) is 51.8 Å². The van der Waals surface area contributed by atoms with Crippen LogP contribution in [0.2, 0.25) is 5.02 Å². The van der Waals surface area contributed by atoms with Crippen LogP contribution in [-0.4, -0.2) is 16.3 Å². The van der Waals surface area contributed by atoms with Crippen LogP contribution in [0.25, 0.3) is 0 Å². The third kappa shape index (κ3) is 2.89. The van der Waals surface area contributed by atoms with Crippen LogP contribution >= 0.6 is 11.6 Å². The lowest BCUT2D eigenvalue weighted by atomic mass is 10.1. The van der Waals surface area contributed by atoms with Crippen molar-refractivity contribution >= 4 is 11.6 Å². The maximum atomic E-state index is 6.35. The van der Waals surface area contributed by atoms with Crippen LogP contribution < -0.4 is 5.32 Å². The Morgan fingerprint density at radius 3 is 2.78 bits per heavy atom. The molecule has 1 aromatic rings. The van der Waals surface area contributed by atoms with E-state index in [1.807, 2.05) is 0 Å². The SMILES string of the molecule is CCCNC(c1c(Cl)cnn1CCC)C1CC1C. The van der Waals surface area contributed by atoms with E-state index in [9.17, 15) is 0 Å². The van der Waals surface area contributed by atoms with E-state index in [1.165, 1.54) is 12.1 Å². The summed E-state index contributed by atoms with van der Waals surface area (Å²) in [6.07, 6.45) is 5.33. The largest absolute Gasteiger partial charge is 0.308 e. The third-order valence-corrected chi connectivity index (χ3v) is 4.07. The summed E-state index contributed by atoms with van der Waals surface area (Å²) in [5.74, 6) is 1.53. The Hall–Kier alpha value is -0.540. The number of nitrogens with one attached hydrogen (secondary N) is 1. The topological polar surface area (TPSA) is 29.9 Å². The maximum Gasteiger partial charge on any atom is 0.0834 e.